The number of allylic oxidation sites excluding steroid dienone is 1. The Kier molecular flexibility index (Phi) is 4.30. The second-order valence-electron chi connectivity index (χ2n) is 3.87. The fourth-order valence-electron chi connectivity index (χ4n) is 1.55. The summed E-state index contributed by atoms with van der Waals surface area (Å²) in [5, 5.41) is 10.4. The van der Waals surface area contributed by atoms with Crippen LogP contribution in [0.5, 0.6) is 0 Å². The Hall–Kier alpha value is -2.14. The summed E-state index contributed by atoms with van der Waals surface area (Å²) >= 11 is 5.61. The molecule has 2 rings (SSSR count). The van der Waals surface area contributed by atoms with Crippen molar-refractivity contribution in [1.29, 1.82) is 5.41 Å². The van der Waals surface area contributed by atoms with Gasteiger partial charge in [0.2, 0.25) is 0 Å². The van der Waals surface area contributed by atoms with Crippen LogP contribution in [0.1, 0.15) is 18.3 Å². The summed E-state index contributed by atoms with van der Waals surface area (Å²) in [6.07, 6.45) is 7.58. The maximum absolute atomic E-state index is 7.34. The molecule has 0 fully saturated rings. The normalized spacial score (nSPS) is 11.4. The van der Waals surface area contributed by atoms with E-state index < -0.39 is 0 Å². The van der Waals surface area contributed by atoms with Gasteiger partial charge in [-0.1, -0.05) is 24.6 Å². The predicted molar refractivity (Wildman–Crippen MR) is 77.4 cm³/mol. The third-order valence-corrected chi connectivity index (χ3v) is 2.63. The Bertz CT molecular complexity index is 572. The molecule has 0 aliphatic carbocycles. The number of imidazole rings is 1. The molecule has 19 heavy (non-hydrogen) atoms. The minimum Gasteiger partial charge on any atom is -0.343 e. The van der Waals surface area contributed by atoms with E-state index in [0.717, 1.165) is 6.42 Å². The molecule has 0 aliphatic rings. The highest BCUT2D eigenvalue weighted by Gasteiger charge is 2.06. The van der Waals surface area contributed by atoms with Crippen LogP contribution in [0.15, 0.2) is 36.8 Å². The summed E-state index contributed by atoms with van der Waals surface area (Å²) < 4.78 is 0. The number of aromatic amines is 1. The average molecular weight is 276 g/mol. The zero-order chi connectivity index (χ0) is 13.7. The fourth-order valence-corrected chi connectivity index (χ4v) is 1.66. The van der Waals surface area contributed by atoms with Crippen molar-refractivity contribution >= 4 is 28.3 Å². The van der Waals surface area contributed by atoms with Crippen molar-refractivity contribution < 1.29 is 0 Å². The van der Waals surface area contributed by atoms with Crippen molar-refractivity contribution in [2.75, 3.05) is 5.32 Å². The number of H-pyrrole nitrogens is 1. The highest BCUT2D eigenvalue weighted by Crippen LogP contribution is 2.15. The summed E-state index contributed by atoms with van der Waals surface area (Å²) in [6, 6.07) is 3.88. The van der Waals surface area contributed by atoms with Crippen LogP contribution in [-0.4, -0.2) is 20.1 Å². The van der Waals surface area contributed by atoms with Gasteiger partial charge in [-0.25, -0.2) is 9.97 Å². The van der Waals surface area contributed by atoms with E-state index in [0.29, 0.717) is 17.3 Å². The summed E-state index contributed by atoms with van der Waals surface area (Å²) in [4.78, 5) is 11.4. The zero-order valence-electron chi connectivity index (χ0n) is 10.4. The van der Waals surface area contributed by atoms with Crippen molar-refractivity contribution in [2.24, 2.45) is 0 Å². The van der Waals surface area contributed by atoms with Gasteiger partial charge in [0.25, 0.3) is 0 Å². The number of nitrogens with one attached hydrogen (secondary N) is 3. The molecule has 0 bridgehead atoms. The van der Waals surface area contributed by atoms with Gasteiger partial charge in [-0.3, -0.25) is 5.41 Å². The number of halogens is 1. The number of hydrogen-bond donors (Lipinski definition) is 3. The fraction of sp³-hybridized carbons (Fsp3) is 0.154. The van der Waals surface area contributed by atoms with Gasteiger partial charge in [0.1, 0.15) is 11.0 Å². The van der Waals surface area contributed by atoms with Gasteiger partial charge in [0.05, 0.1) is 5.70 Å². The second-order valence-corrected chi connectivity index (χ2v) is 4.28. The van der Waals surface area contributed by atoms with Gasteiger partial charge < -0.3 is 10.3 Å². The first-order valence-electron chi connectivity index (χ1n) is 5.86. The molecule has 98 valence electrons. The van der Waals surface area contributed by atoms with E-state index >= 15 is 0 Å². The Labute approximate surface area is 116 Å². The van der Waals surface area contributed by atoms with Crippen molar-refractivity contribution in [2.45, 2.75) is 13.3 Å². The summed E-state index contributed by atoms with van der Waals surface area (Å²) in [5.74, 6) is 1.28. The summed E-state index contributed by atoms with van der Waals surface area (Å²) in [5.41, 5.74) is 1.76. The third kappa shape index (κ3) is 3.66. The lowest BCUT2D eigenvalue weighted by Crippen LogP contribution is -2.04. The minimum atomic E-state index is -0.0796. The van der Waals surface area contributed by atoms with Crippen LogP contribution in [0.25, 0.3) is 5.70 Å². The number of nitrogens with zero attached hydrogens (tertiary/aromatic N) is 2. The minimum absolute atomic E-state index is 0.0796. The Morgan fingerprint density at radius 3 is 2.84 bits per heavy atom. The van der Waals surface area contributed by atoms with Crippen LogP contribution >= 0.6 is 11.6 Å². The maximum Gasteiger partial charge on any atom is 0.153 e. The van der Waals surface area contributed by atoms with Crippen LogP contribution in [0, 0.1) is 5.41 Å². The van der Waals surface area contributed by atoms with Crippen molar-refractivity contribution in [3.8, 4) is 0 Å². The van der Waals surface area contributed by atoms with Gasteiger partial charge in [-0.2, -0.15) is 0 Å². The molecule has 0 spiro atoms. The molecule has 0 atom stereocenters. The van der Waals surface area contributed by atoms with Crippen LogP contribution < -0.4 is 5.32 Å². The number of aryl methyl sites for hydroxylation is 1. The molecule has 2 heterocycles. The lowest BCUT2D eigenvalue weighted by Gasteiger charge is -2.08. The second kappa shape index (κ2) is 6.15. The van der Waals surface area contributed by atoms with Crippen LogP contribution in [0.2, 0.25) is 0 Å². The molecule has 0 aliphatic heterocycles. The van der Waals surface area contributed by atoms with Gasteiger partial charge >= 0.3 is 0 Å². The molecule has 0 amide bonds. The number of hydrogen-bond acceptors (Lipinski definition) is 4. The van der Waals surface area contributed by atoms with Gasteiger partial charge in [-0.05, 0) is 18.1 Å². The quantitative estimate of drug-likeness (QED) is 0.734. The predicted octanol–water partition coefficient (Wildman–Crippen LogP) is 3.04. The first-order valence-corrected chi connectivity index (χ1v) is 6.24. The molecule has 6 heteroatoms. The summed E-state index contributed by atoms with van der Waals surface area (Å²) in [6.45, 7) is 2.08. The van der Waals surface area contributed by atoms with E-state index in [9.17, 15) is 0 Å². The molecule has 0 saturated carbocycles. The molecule has 0 unspecified atom stereocenters. The maximum atomic E-state index is 7.34. The summed E-state index contributed by atoms with van der Waals surface area (Å²) in [7, 11) is 0. The Morgan fingerprint density at radius 2 is 2.32 bits per heavy atom. The highest BCUT2D eigenvalue weighted by molar-refractivity contribution is 6.68. The average Bonchev–Trinajstić information content (AvgIpc) is 2.92. The standard InChI is InChI=1S/C13H14ClN5/c1-2-9-3-4-12(18-8-9)19-10(7-11(14)15)13-16-5-6-17-13/h3-8,15H,2H2,1H3,(H,16,17)(H,18,19)/b10-7+,15-11?. The van der Waals surface area contributed by atoms with E-state index in [-0.39, 0.29) is 5.17 Å². The molecule has 3 N–H and O–H groups in total. The molecule has 5 nitrogen and oxygen atoms in total. The first kappa shape index (κ1) is 13.3. The van der Waals surface area contributed by atoms with Gasteiger partial charge in [0.15, 0.2) is 5.82 Å². The molecule has 2 aromatic rings. The lowest BCUT2D eigenvalue weighted by atomic mass is 10.2. The SMILES string of the molecule is CCc1ccc(N/C(=C/C(=N)Cl)c2ncc[nH]2)nc1. The van der Waals surface area contributed by atoms with E-state index in [2.05, 4.69) is 27.2 Å². The Balaban J connectivity index is 2.23. The van der Waals surface area contributed by atoms with Crippen molar-refractivity contribution in [1.82, 2.24) is 15.0 Å². The molecule has 0 radical (unpaired) electrons. The number of pyridine rings is 1. The number of anilines is 1. The molecular formula is C13H14ClN5. The molecular weight excluding hydrogens is 262 g/mol. The highest BCUT2D eigenvalue weighted by atomic mass is 35.5. The zero-order valence-corrected chi connectivity index (χ0v) is 11.2. The number of aromatic nitrogens is 3. The van der Waals surface area contributed by atoms with Crippen molar-refractivity contribution in [3.63, 3.8) is 0 Å². The number of rotatable bonds is 5. The lowest BCUT2D eigenvalue weighted by molar-refractivity contribution is 1.10. The topological polar surface area (TPSA) is 77.5 Å². The molecule has 0 saturated heterocycles. The van der Waals surface area contributed by atoms with Crippen molar-refractivity contribution in [3.05, 3.63) is 48.2 Å². The van der Waals surface area contributed by atoms with Gasteiger partial charge in [0, 0.05) is 24.7 Å². The Morgan fingerprint density at radius 1 is 1.47 bits per heavy atom. The van der Waals surface area contributed by atoms with Crippen LogP contribution in [0.4, 0.5) is 5.82 Å². The largest absolute Gasteiger partial charge is 0.343 e. The first-order chi connectivity index (χ1) is 9.19. The third-order valence-electron chi connectivity index (χ3n) is 2.52. The van der Waals surface area contributed by atoms with E-state index in [1.165, 1.54) is 11.6 Å². The monoisotopic (exact) mass is 275 g/mol. The smallest absolute Gasteiger partial charge is 0.153 e. The molecule has 0 aromatic carbocycles. The molecule has 2 aromatic heterocycles. The van der Waals surface area contributed by atoms with Crippen LogP contribution in [0.3, 0.4) is 0 Å². The van der Waals surface area contributed by atoms with E-state index in [1.54, 1.807) is 12.4 Å². The van der Waals surface area contributed by atoms with E-state index in [4.69, 9.17) is 17.0 Å². The van der Waals surface area contributed by atoms with Gasteiger partial charge in [-0.15, -0.1) is 0 Å². The van der Waals surface area contributed by atoms with E-state index in [1.807, 2.05) is 18.3 Å². The van der Waals surface area contributed by atoms with Crippen LogP contribution in [-0.2, 0) is 6.42 Å².